The molecule has 0 saturated heterocycles. The van der Waals surface area contributed by atoms with Gasteiger partial charge >= 0.3 is 0 Å². The summed E-state index contributed by atoms with van der Waals surface area (Å²) >= 11 is 3.50. The molecule has 0 atom stereocenters. The molecule has 3 aromatic rings. The first-order valence-corrected chi connectivity index (χ1v) is 9.47. The highest BCUT2D eigenvalue weighted by Crippen LogP contribution is 2.35. The van der Waals surface area contributed by atoms with E-state index in [0.717, 1.165) is 45.7 Å². The molecular weight excluding hydrogens is 392 g/mol. The van der Waals surface area contributed by atoms with Crippen LogP contribution in [0.5, 0.6) is 11.5 Å². The van der Waals surface area contributed by atoms with Crippen molar-refractivity contribution in [2.45, 2.75) is 13.5 Å². The van der Waals surface area contributed by atoms with Crippen LogP contribution >= 0.6 is 15.9 Å². The molecule has 0 unspecified atom stereocenters. The maximum Gasteiger partial charge on any atom is 0.147 e. The minimum absolute atomic E-state index is 0.655. The second-order valence-corrected chi connectivity index (χ2v) is 7.58. The summed E-state index contributed by atoms with van der Waals surface area (Å²) in [7, 11) is 5.80. The van der Waals surface area contributed by atoms with Gasteiger partial charge in [-0.2, -0.15) is 0 Å². The van der Waals surface area contributed by atoms with Crippen molar-refractivity contribution >= 4 is 26.8 Å². The lowest BCUT2D eigenvalue weighted by atomic mass is 10.2. The Bertz CT molecular complexity index is 885. The summed E-state index contributed by atoms with van der Waals surface area (Å²) in [5.41, 5.74) is 3.55. The fraction of sp³-hybridized carbons (Fsp3) is 0.333. The summed E-state index contributed by atoms with van der Waals surface area (Å²) in [5.74, 6) is 1.79. The molecule has 4 nitrogen and oxygen atoms in total. The molecule has 0 aliphatic carbocycles. The van der Waals surface area contributed by atoms with Crippen LogP contribution in [0.1, 0.15) is 11.3 Å². The molecule has 3 rings (SSSR count). The van der Waals surface area contributed by atoms with Gasteiger partial charge in [-0.1, -0.05) is 28.1 Å². The second kappa shape index (κ2) is 8.14. The number of hydrogen-bond donors (Lipinski definition) is 0. The van der Waals surface area contributed by atoms with Crippen molar-refractivity contribution < 1.29 is 9.47 Å². The molecule has 0 aliphatic rings. The van der Waals surface area contributed by atoms with Crippen molar-refractivity contribution in [3.05, 3.63) is 58.2 Å². The molecular formula is C21H25BrN2O2. The Balaban J connectivity index is 2.01. The van der Waals surface area contributed by atoms with Gasteiger partial charge in [0.2, 0.25) is 0 Å². The van der Waals surface area contributed by atoms with Gasteiger partial charge in [0.05, 0.1) is 18.3 Å². The van der Waals surface area contributed by atoms with Crippen LogP contribution in [0.4, 0.5) is 0 Å². The van der Waals surface area contributed by atoms with Gasteiger partial charge in [-0.3, -0.25) is 0 Å². The molecule has 0 amide bonds. The molecule has 0 bridgehead atoms. The van der Waals surface area contributed by atoms with Crippen LogP contribution in [0.15, 0.2) is 46.9 Å². The summed E-state index contributed by atoms with van der Waals surface area (Å²) in [5, 5.41) is 1.10. The van der Waals surface area contributed by atoms with Gasteiger partial charge in [0.25, 0.3) is 0 Å². The third-order valence-corrected chi connectivity index (χ3v) is 5.04. The van der Waals surface area contributed by atoms with Crippen LogP contribution in [-0.2, 0) is 6.54 Å². The van der Waals surface area contributed by atoms with E-state index in [2.05, 4.69) is 82.8 Å². The molecule has 0 N–H and O–H groups in total. The Hall–Kier alpha value is -1.98. The first-order chi connectivity index (χ1) is 12.5. The van der Waals surface area contributed by atoms with E-state index in [9.17, 15) is 0 Å². The molecule has 0 saturated carbocycles. The lowest BCUT2D eigenvalue weighted by Gasteiger charge is -2.12. The van der Waals surface area contributed by atoms with Gasteiger partial charge in [0.1, 0.15) is 18.1 Å². The van der Waals surface area contributed by atoms with E-state index < -0.39 is 0 Å². The second-order valence-electron chi connectivity index (χ2n) is 6.66. The molecule has 0 aliphatic heterocycles. The Labute approximate surface area is 163 Å². The van der Waals surface area contributed by atoms with Gasteiger partial charge in [-0.15, -0.1) is 0 Å². The predicted octanol–water partition coefficient (Wildman–Crippen LogP) is 4.71. The zero-order chi connectivity index (χ0) is 18.7. The lowest BCUT2D eigenvalue weighted by molar-refractivity contribution is 0.262. The molecule has 5 heteroatoms. The quantitative estimate of drug-likeness (QED) is 0.557. The fourth-order valence-electron chi connectivity index (χ4n) is 3.05. The Morgan fingerprint density at radius 3 is 2.46 bits per heavy atom. The highest BCUT2D eigenvalue weighted by Gasteiger charge is 2.16. The minimum Gasteiger partial charge on any atom is -0.497 e. The molecule has 2 aromatic carbocycles. The number of methoxy groups -OCH3 is 1. The molecule has 0 fully saturated rings. The van der Waals surface area contributed by atoms with E-state index >= 15 is 0 Å². The van der Waals surface area contributed by atoms with Crippen molar-refractivity contribution in [3.63, 3.8) is 0 Å². The number of benzene rings is 2. The summed E-state index contributed by atoms with van der Waals surface area (Å²) in [4.78, 5) is 2.12. The zero-order valence-electron chi connectivity index (χ0n) is 15.8. The van der Waals surface area contributed by atoms with Crippen molar-refractivity contribution in [3.8, 4) is 11.5 Å². The summed E-state index contributed by atoms with van der Waals surface area (Å²) in [6, 6.07) is 14.6. The maximum absolute atomic E-state index is 6.17. The third-order valence-electron chi connectivity index (χ3n) is 4.51. The maximum atomic E-state index is 6.17. The number of nitrogens with zero attached hydrogens (tertiary/aromatic N) is 2. The Morgan fingerprint density at radius 1 is 1.08 bits per heavy atom. The number of fused-ring (bicyclic) bond motifs is 1. The molecule has 26 heavy (non-hydrogen) atoms. The normalized spacial score (nSPS) is 11.3. The van der Waals surface area contributed by atoms with E-state index in [-0.39, 0.29) is 0 Å². The van der Waals surface area contributed by atoms with E-state index in [1.165, 1.54) is 5.56 Å². The average molecular weight is 417 g/mol. The number of likely N-dealkylation sites (N-methyl/N-ethyl adjacent to an activating group) is 1. The SMILES string of the molecule is COc1ccc2c(c1)c(OCCN(C)C)c(C)n2Cc1ccc(Br)cc1. The summed E-state index contributed by atoms with van der Waals surface area (Å²) in [6.45, 7) is 4.46. The fourth-order valence-corrected chi connectivity index (χ4v) is 3.31. The van der Waals surface area contributed by atoms with Gasteiger partial charge in [-0.05, 0) is 56.9 Å². The van der Waals surface area contributed by atoms with Crippen molar-refractivity contribution in [1.82, 2.24) is 9.47 Å². The zero-order valence-corrected chi connectivity index (χ0v) is 17.3. The van der Waals surface area contributed by atoms with Crippen LogP contribution in [0.3, 0.4) is 0 Å². The number of ether oxygens (including phenoxy) is 2. The van der Waals surface area contributed by atoms with Crippen LogP contribution < -0.4 is 9.47 Å². The van der Waals surface area contributed by atoms with Crippen LogP contribution in [0, 0.1) is 6.92 Å². The number of hydrogen-bond acceptors (Lipinski definition) is 3. The Morgan fingerprint density at radius 2 is 1.81 bits per heavy atom. The van der Waals surface area contributed by atoms with Gasteiger partial charge in [0.15, 0.2) is 0 Å². The first kappa shape index (κ1) is 18.8. The third kappa shape index (κ3) is 4.05. The largest absolute Gasteiger partial charge is 0.497 e. The lowest BCUT2D eigenvalue weighted by Crippen LogP contribution is -2.19. The van der Waals surface area contributed by atoms with Crippen molar-refractivity contribution in [2.24, 2.45) is 0 Å². The number of rotatable bonds is 7. The van der Waals surface area contributed by atoms with Crippen LogP contribution in [0.25, 0.3) is 10.9 Å². The highest BCUT2D eigenvalue weighted by molar-refractivity contribution is 9.10. The van der Waals surface area contributed by atoms with E-state index in [4.69, 9.17) is 9.47 Å². The van der Waals surface area contributed by atoms with E-state index in [1.807, 2.05) is 6.07 Å². The molecule has 0 radical (unpaired) electrons. The number of aromatic nitrogens is 1. The first-order valence-electron chi connectivity index (χ1n) is 8.68. The monoisotopic (exact) mass is 416 g/mol. The summed E-state index contributed by atoms with van der Waals surface area (Å²) in [6.07, 6.45) is 0. The van der Waals surface area contributed by atoms with E-state index in [1.54, 1.807) is 7.11 Å². The van der Waals surface area contributed by atoms with Crippen LogP contribution in [0.2, 0.25) is 0 Å². The topological polar surface area (TPSA) is 26.6 Å². The molecule has 1 aromatic heterocycles. The molecule has 138 valence electrons. The predicted molar refractivity (Wildman–Crippen MR) is 111 cm³/mol. The number of halogens is 1. The molecule has 0 spiro atoms. The van der Waals surface area contributed by atoms with Crippen molar-refractivity contribution in [1.29, 1.82) is 0 Å². The van der Waals surface area contributed by atoms with Crippen molar-refractivity contribution in [2.75, 3.05) is 34.4 Å². The smallest absolute Gasteiger partial charge is 0.147 e. The highest BCUT2D eigenvalue weighted by atomic mass is 79.9. The van der Waals surface area contributed by atoms with Crippen LogP contribution in [-0.4, -0.2) is 43.8 Å². The Kier molecular flexibility index (Phi) is 5.89. The molecule has 1 heterocycles. The van der Waals surface area contributed by atoms with E-state index in [0.29, 0.717) is 6.61 Å². The van der Waals surface area contributed by atoms with Gasteiger partial charge in [-0.25, -0.2) is 0 Å². The van der Waals surface area contributed by atoms with Gasteiger partial charge in [0, 0.05) is 22.9 Å². The van der Waals surface area contributed by atoms with Gasteiger partial charge < -0.3 is 18.9 Å². The average Bonchev–Trinajstić information content (AvgIpc) is 2.88. The summed E-state index contributed by atoms with van der Waals surface area (Å²) < 4.78 is 15.0. The standard InChI is InChI=1S/C21H25BrN2O2/c1-15-21(26-12-11-23(2)3)19-13-18(25-4)9-10-20(19)24(15)14-16-5-7-17(22)8-6-16/h5-10,13H,11-12,14H2,1-4H3. The minimum atomic E-state index is 0.655.